The monoisotopic (exact) mass is 317 g/mol. The second kappa shape index (κ2) is 6.48. The molecule has 3 fully saturated rings. The maximum Gasteiger partial charge on any atom is 0.0594 e. The third-order valence-corrected chi connectivity index (χ3v) is 5.57. The number of aromatic nitrogens is 1. The average molecular weight is 317 g/mol. The number of nitrogens with zero attached hydrogens (tertiary/aromatic N) is 3. The van der Waals surface area contributed by atoms with Crippen molar-refractivity contribution in [3.63, 3.8) is 0 Å². The van der Waals surface area contributed by atoms with Gasteiger partial charge >= 0.3 is 0 Å². The average Bonchev–Trinajstić information content (AvgIpc) is 3.04. The highest BCUT2D eigenvalue weighted by atomic mass is 16.5. The molecule has 3 aliphatic rings. The fraction of sp³-hybridized carbons (Fsp3) is 0.722. The van der Waals surface area contributed by atoms with Crippen molar-refractivity contribution in [2.24, 2.45) is 11.3 Å². The van der Waals surface area contributed by atoms with Gasteiger partial charge in [-0.2, -0.15) is 0 Å². The van der Waals surface area contributed by atoms with Crippen LogP contribution in [-0.4, -0.2) is 73.9 Å². The van der Waals surface area contributed by atoms with Crippen LogP contribution in [0.15, 0.2) is 18.2 Å². The van der Waals surface area contributed by atoms with Crippen molar-refractivity contribution in [2.45, 2.75) is 13.5 Å². The Kier molecular flexibility index (Phi) is 4.37. The summed E-state index contributed by atoms with van der Waals surface area (Å²) in [6.45, 7) is 12.1. The van der Waals surface area contributed by atoms with Crippen molar-refractivity contribution in [3.05, 3.63) is 29.6 Å². The Hall–Kier alpha value is -1.01. The lowest BCUT2D eigenvalue weighted by molar-refractivity contribution is 0.0102. The number of pyridine rings is 1. The molecule has 1 aromatic rings. The van der Waals surface area contributed by atoms with Crippen LogP contribution >= 0.6 is 0 Å². The molecule has 0 bridgehead atoms. The second-order valence-electron chi connectivity index (χ2n) is 7.40. The normalized spacial score (nSPS) is 32.3. The van der Waals surface area contributed by atoms with Crippen molar-refractivity contribution in [3.8, 4) is 0 Å². The lowest BCUT2D eigenvalue weighted by Crippen LogP contribution is -2.47. The summed E-state index contributed by atoms with van der Waals surface area (Å²) in [7, 11) is 0. The molecule has 0 amide bonds. The van der Waals surface area contributed by atoms with Crippen LogP contribution in [-0.2, 0) is 16.0 Å². The summed E-state index contributed by atoms with van der Waals surface area (Å²) in [4.78, 5) is 9.82. The molecule has 0 saturated carbocycles. The van der Waals surface area contributed by atoms with Gasteiger partial charge in [-0.05, 0) is 19.1 Å². The molecule has 0 N–H and O–H groups in total. The van der Waals surface area contributed by atoms with Crippen molar-refractivity contribution < 1.29 is 9.47 Å². The molecule has 3 aliphatic heterocycles. The Morgan fingerprint density at radius 3 is 2.91 bits per heavy atom. The minimum atomic E-state index is 0.307. The molecule has 3 saturated heterocycles. The van der Waals surface area contributed by atoms with Gasteiger partial charge in [-0.3, -0.25) is 14.8 Å². The van der Waals surface area contributed by atoms with Crippen LogP contribution in [0.4, 0.5) is 0 Å². The third-order valence-electron chi connectivity index (χ3n) is 5.57. The van der Waals surface area contributed by atoms with E-state index in [1.165, 1.54) is 5.69 Å². The van der Waals surface area contributed by atoms with Crippen LogP contribution in [0, 0.1) is 18.3 Å². The largest absolute Gasteiger partial charge is 0.380 e. The molecule has 0 spiro atoms. The molecule has 23 heavy (non-hydrogen) atoms. The van der Waals surface area contributed by atoms with E-state index in [0.29, 0.717) is 11.3 Å². The zero-order valence-electron chi connectivity index (χ0n) is 14.0. The summed E-state index contributed by atoms with van der Waals surface area (Å²) in [6, 6.07) is 6.32. The minimum absolute atomic E-state index is 0.307. The molecule has 126 valence electrons. The van der Waals surface area contributed by atoms with Gasteiger partial charge < -0.3 is 9.47 Å². The van der Waals surface area contributed by atoms with Gasteiger partial charge in [0.1, 0.15) is 0 Å². The Balaban J connectivity index is 1.43. The molecule has 0 unspecified atom stereocenters. The SMILES string of the molecule is Cc1cccc(CN2C[C@H]3COC[C@@]3(CN3CCOCC3)C2)n1. The van der Waals surface area contributed by atoms with Crippen molar-refractivity contribution in [1.82, 2.24) is 14.8 Å². The highest BCUT2D eigenvalue weighted by Crippen LogP contribution is 2.42. The summed E-state index contributed by atoms with van der Waals surface area (Å²) in [5.74, 6) is 0.662. The second-order valence-corrected chi connectivity index (χ2v) is 7.40. The van der Waals surface area contributed by atoms with E-state index in [9.17, 15) is 0 Å². The predicted molar refractivity (Wildman–Crippen MR) is 88.3 cm³/mol. The number of rotatable bonds is 4. The van der Waals surface area contributed by atoms with E-state index in [-0.39, 0.29) is 0 Å². The Bertz CT molecular complexity index is 547. The topological polar surface area (TPSA) is 37.8 Å². The molecule has 0 aromatic carbocycles. The first-order valence-electron chi connectivity index (χ1n) is 8.76. The van der Waals surface area contributed by atoms with Gasteiger partial charge in [-0.15, -0.1) is 0 Å². The molecule has 0 aliphatic carbocycles. The van der Waals surface area contributed by atoms with E-state index in [1.807, 2.05) is 0 Å². The van der Waals surface area contributed by atoms with E-state index >= 15 is 0 Å². The van der Waals surface area contributed by atoms with E-state index in [0.717, 1.165) is 71.4 Å². The van der Waals surface area contributed by atoms with Crippen LogP contribution in [0.2, 0.25) is 0 Å². The van der Waals surface area contributed by atoms with E-state index in [1.54, 1.807) is 0 Å². The van der Waals surface area contributed by atoms with Gasteiger partial charge in [0.05, 0.1) is 32.1 Å². The highest BCUT2D eigenvalue weighted by Gasteiger charge is 2.51. The van der Waals surface area contributed by atoms with Crippen LogP contribution in [0.1, 0.15) is 11.4 Å². The summed E-state index contributed by atoms with van der Waals surface area (Å²) in [6.07, 6.45) is 0. The van der Waals surface area contributed by atoms with Gasteiger partial charge in [0.2, 0.25) is 0 Å². The third kappa shape index (κ3) is 3.29. The fourth-order valence-corrected chi connectivity index (χ4v) is 4.41. The van der Waals surface area contributed by atoms with Gasteiger partial charge in [-0.25, -0.2) is 0 Å². The van der Waals surface area contributed by atoms with Gasteiger partial charge in [-0.1, -0.05) is 6.07 Å². The lowest BCUT2D eigenvalue weighted by atomic mass is 9.80. The van der Waals surface area contributed by atoms with E-state index in [2.05, 4.69) is 39.9 Å². The number of hydrogen-bond acceptors (Lipinski definition) is 5. The first-order chi connectivity index (χ1) is 11.2. The number of ether oxygens (including phenoxy) is 2. The smallest absolute Gasteiger partial charge is 0.0594 e. The minimum Gasteiger partial charge on any atom is -0.380 e. The summed E-state index contributed by atoms with van der Waals surface area (Å²) in [5, 5.41) is 0. The van der Waals surface area contributed by atoms with E-state index in [4.69, 9.17) is 9.47 Å². The van der Waals surface area contributed by atoms with Crippen molar-refractivity contribution in [2.75, 3.05) is 59.2 Å². The molecule has 4 rings (SSSR count). The Morgan fingerprint density at radius 1 is 1.22 bits per heavy atom. The molecule has 0 radical (unpaired) electrons. The molecular formula is C18H27N3O2. The molecule has 5 nitrogen and oxygen atoms in total. The molecular weight excluding hydrogens is 290 g/mol. The number of morpholine rings is 1. The van der Waals surface area contributed by atoms with Crippen LogP contribution in [0.5, 0.6) is 0 Å². The van der Waals surface area contributed by atoms with Crippen molar-refractivity contribution >= 4 is 0 Å². The Labute approximate surface area is 138 Å². The summed E-state index contributed by atoms with van der Waals surface area (Å²) >= 11 is 0. The Morgan fingerprint density at radius 2 is 2.09 bits per heavy atom. The molecule has 5 heteroatoms. The fourth-order valence-electron chi connectivity index (χ4n) is 4.41. The van der Waals surface area contributed by atoms with Crippen LogP contribution in [0.3, 0.4) is 0 Å². The first-order valence-corrected chi connectivity index (χ1v) is 8.76. The first kappa shape index (κ1) is 15.5. The standard InChI is InChI=1S/C18H27N3O2/c1-15-3-2-4-17(19-15)10-21-9-16-11-23-14-18(16,13-21)12-20-5-7-22-8-6-20/h2-4,16H,5-14H2,1H3/t16-,18+/m0/s1. The zero-order valence-corrected chi connectivity index (χ0v) is 14.0. The predicted octanol–water partition coefficient (Wildman–Crippen LogP) is 1.17. The molecule has 1 aromatic heterocycles. The van der Waals surface area contributed by atoms with Gasteiger partial charge in [0, 0.05) is 56.3 Å². The summed E-state index contributed by atoms with van der Waals surface area (Å²) < 4.78 is 11.4. The van der Waals surface area contributed by atoms with Crippen molar-refractivity contribution in [1.29, 1.82) is 0 Å². The molecule has 4 heterocycles. The quantitative estimate of drug-likeness (QED) is 0.833. The van der Waals surface area contributed by atoms with Crippen LogP contribution in [0.25, 0.3) is 0 Å². The molecule has 2 atom stereocenters. The number of aryl methyl sites for hydroxylation is 1. The van der Waals surface area contributed by atoms with Gasteiger partial charge in [0.15, 0.2) is 0 Å². The van der Waals surface area contributed by atoms with E-state index < -0.39 is 0 Å². The summed E-state index contributed by atoms with van der Waals surface area (Å²) in [5.41, 5.74) is 2.60. The number of likely N-dealkylation sites (tertiary alicyclic amines) is 1. The maximum atomic E-state index is 5.87. The lowest BCUT2D eigenvalue weighted by Gasteiger charge is -2.36. The number of hydrogen-bond donors (Lipinski definition) is 0. The maximum absolute atomic E-state index is 5.87. The van der Waals surface area contributed by atoms with Gasteiger partial charge in [0.25, 0.3) is 0 Å². The highest BCUT2D eigenvalue weighted by molar-refractivity contribution is 5.11. The number of fused-ring (bicyclic) bond motifs is 1. The zero-order chi connectivity index (χ0) is 15.7. The van der Waals surface area contributed by atoms with Crippen LogP contribution < -0.4 is 0 Å².